The number of imide groups is 1. The number of alkyl halides is 2. The Balaban J connectivity index is 1.61. The molecule has 10 heteroatoms. The summed E-state index contributed by atoms with van der Waals surface area (Å²) >= 11 is 0. The molecule has 0 saturated carbocycles. The number of amides is 4. The highest BCUT2D eigenvalue weighted by atomic mass is 19.3. The molecule has 1 atom stereocenters. The molecule has 0 spiro atoms. The van der Waals surface area contributed by atoms with Gasteiger partial charge in [0.05, 0.1) is 6.54 Å². The molecule has 1 aromatic carbocycles. The summed E-state index contributed by atoms with van der Waals surface area (Å²) in [5.74, 6) is 4.23. The highest BCUT2D eigenvalue weighted by Crippen LogP contribution is 2.29. The Labute approximate surface area is 169 Å². The average Bonchev–Trinajstić information content (AvgIpc) is 3.16. The Morgan fingerprint density at radius 2 is 2.10 bits per heavy atom. The molecule has 4 rings (SSSR count). The van der Waals surface area contributed by atoms with Crippen LogP contribution >= 0.6 is 0 Å². The van der Waals surface area contributed by atoms with Gasteiger partial charge >= 0.3 is 12.6 Å². The van der Waals surface area contributed by atoms with E-state index in [2.05, 4.69) is 32.2 Å². The van der Waals surface area contributed by atoms with Gasteiger partial charge in [0.25, 0.3) is 11.8 Å². The number of halogens is 2. The fourth-order valence-electron chi connectivity index (χ4n) is 3.28. The zero-order valence-electron chi connectivity index (χ0n) is 15.3. The first-order valence-corrected chi connectivity index (χ1v) is 8.80. The Bertz CT molecular complexity index is 1100. The molecule has 1 fully saturated rings. The lowest BCUT2D eigenvalue weighted by Gasteiger charge is -2.26. The van der Waals surface area contributed by atoms with Crippen molar-refractivity contribution in [1.29, 1.82) is 0 Å². The van der Waals surface area contributed by atoms with E-state index >= 15 is 0 Å². The second-order valence-electron chi connectivity index (χ2n) is 6.66. The van der Waals surface area contributed by atoms with Crippen LogP contribution in [0.2, 0.25) is 0 Å². The van der Waals surface area contributed by atoms with E-state index in [0.29, 0.717) is 11.1 Å². The molecule has 8 nitrogen and oxygen atoms in total. The molecule has 2 aliphatic rings. The van der Waals surface area contributed by atoms with Crippen LogP contribution < -0.4 is 15.4 Å². The van der Waals surface area contributed by atoms with Crippen molar-refractivity contribution in [2.45, 2.75) is 18.7 Å². The number of carbonyl (C=O) groups excluding carboxylic acids is 3. The molecule has 0 radical (unpaired) electrons. The number of urea groups is 1. The standard InChI is InChI=1S/C20H14F2N4O4/c21-18(22)30-14-4-3-13-10-26(16(27)15(13)8-14)11-20(17(28)24-19(29)25-20)6-5-12-2-1-7-23-9-12/h1-4,7-9,18H,10-11H2,(H2,24,25,28,29). The van der Waals surface area contributed by atoms with Gasteiger partial charge in [-0.05, 0) is 29.8 Å². The van der Waals surface area contributed by atoms with Gasteiger partial charge in [0, 0.05) is 30.1 Å². The lowest BCUT2D eigenvalue weighted by Crippen LogP contribution is -2.54. The predicted octanol–water partition coefficient (Wildman–Crippen LogP) is 1.27. The second-order valence-corrected chi connectivity index (χ2v) is 6.66. The minimum Gasteiger partial charge on any atom is -0.435 e. The van der Waals surface area contributed by atoms with E-state index in [-0.39, 0.29) is 24.4 Å². The van der Waals surface area contributed by atoms with Crippen LogP contribution in [0, 0.1) is 11.8 Å². The molecule has 2 N–H and O–H groups in total. The number of aromatic nitrogens is 1. The molecular formula is C20H14F2N4O4. The Kier molecular flexibility index (Phi) is 4.79. The van der Waals surface area contributed by atoms with Crippen LogP contribution in [-0.2, 0) is 11.3 Å². The summed E-state index contributed by atoms with van der Waals surface area (Å²) in [6.07, 6.45) is 3.06. The van der Waals surface area contributed by atoms with Gasteiger partial charge in [-0.15, -0.1) is 0 Å². The third kappa shape index (κ3) is 3.65. The molecule has 2 aliphatic heterocycles. The lowest BCUT2D eigenvalue weighted by atomic mass is 9.99. The van der Waals surface area contributed by atoms with Gasteiger partial charge in [0.1, 0.15) is 5.75 Å². The van der Waals surface area contributed by atoms with E-state index in [0.717, 1.165) is 0 Å². The van der Waals surface area contributed by atoms with Crippen molar-refractivity contribution in [2.75, 3.05) is 6.54 Å². The summed E-state index contributed by atoms with van der Waals surface area (Å²) in [7, 11) is 0. The number of ether oxygens (including phenoxy) is 1. The predicted molar refractivity (Wildman–Crippen MR) is 98.3 cm³/mol. The summed E-state index contributed by atoms with van der Waals surface area (Å²) in [5, 5.41) is 4.62. The molecule has 1 aromatic heterocycles. The maximum Gasteiger partial charge on any atom is 0.387 e. The van der Waals surface area contributed by atoms with Gasteiger partial charge in [0.2, 0.25) is 5.54 Å². The highest BCUT2D eigenvalue weighted by molar-refractivity contribution is 6.10. The van der Waals surface area contributed by atoms with Crippen LogP contribution in [0.15, 0.2) is 42.7 Å². The highest BCUT2D eigenvalue weighted by Gasteiger charge is 2.48. The summed E-state index contributed by atoms with van der Waals surface area (Å²) in [6, 6.07) is 6.70. The van der Waals surface area contributed by atoms with E-state index in [1.54, 1.807) is 18.3 Å². The number of nitrogens with zero attached hydrogens (tertiary/aromatic N) is 2. The molecule has 152 valence electrons. The molecule has 0 aliphatic carbocycles. The second kappa shape index (κ2) is 7.44. The number of hydrogen-bond donors (Lipinski definition) is 2. The zero-order valence-corrected chi connectivity index (χ0v) is 15.3. The fraction of sp³-hybridized carbons (Fsp3) is 0.200. The average molecular weight is 412 g/mol. The maximum absolute atomic E-state index is 12.8. The number of fused-ring (bicyclic) bond motifs is 1. The molecule has 1 unspecified atom stereocenters. The van der Waals surface area contributed by atoms with E-state index in [1.807, 2.05) is 0 Å². The first-order valence-electron chi connectivity index (χ1n) is 8.80. The minimum atomic E-state index is -3.01. The van der Waals surface area contributed by atoms with E-state index < -0.39 is 30.0 Å². The van der Waals surface area contributed by atoms with Crippen molar-refractivity contribution >= 4 is 17.8 Å². The smallest absolute Gasteiger partial charge is 0.387 e. The number of rotatable bonds is 4. The van der Waals surface area contributed by atoms with Crippen molar-refractivity contribution in [3.05, 3.63) is 59.4 Å². The summed E-state index contributed by atoms with van der Waals surface area (Å²) in [4.78, 5) is 42.4. The quantitative estimate of drug-likeness (QED) is 0.582. The molecule has 1 saturated heterocycles. The fourth-order valence-corrected chi connectivity index (χ4v) is 3.28. The maximum atomic E-state index is 12.8. The molecule has 0 bridgehead atoms. The molecular weight excluding hydrogens is 398 g/mol. The van der Waals surface area contributed by atoms with Crippen molar-refractivity contribution in [3.8, 4) is 17.6 Å². The largest absolute Gasteiger partial charge is 0.435 e. The summed E-state index contributed by atoms with van der Waals surface area (Å²) < 4.78 is 29.2. The van der Waals surface area contributed by atoms with E-state index in [4.69, 9.17) is 0 Å². The van der Waals surface area contributed by atoms with Crippen molar-refractivity contribution in [2.24, 2.45) is 0 Å². The number of benzene rings is 1. The molecule has 2 aromatic rings. The van der Waals surface area contributed by atoms with Crippen LogP contribution in [0.5, 0.6) is 5.75 Å². The van der Waals surface area contributed by atoms with Gasteiger partial charge in [-0.25, -0.2) is 4.79 Å². The van der Waals surface area contributed by atoms with Crippen LogP contribution in [0.3, 0.4) is 0 Å². The normalized spacial score (nSPS) is 19.8. The third-order valence-corrected chi connectivity index (χ3v) is 4.64. The number of hydrogen-bond acceptors (Lipinski definition) is 5. The molecule has 30 heavy (non-hydrogen) atoms. The SMILES string of the molecule is O=C1NC(=O)C(C#Cc2cccnc2)(CN2Cc3ccc(OC(F)F)cc3C2=O)N1. The van der Waals surface area contributed by atoms with Crippen molar-refractivity contribution in [1.82, 2.24) is 20.5 Å². The molecule has 3 heterocycles. The Morgan fingerprint density at radius 3 is 2.77 bits per heavy atom. The number of carbonyl (C=O) groups is 3. The molecule has 4 amide bonds. The third-order valence-electron chi connectivity index (χ3n) is 4.64. The van der Waals surface area contributed by atoms with Gasteiger partial charge < -0.3 is 15.0 Å². The number of nitrogens with one attached hydrogen (secondary N) is 2. The summed E-state index contributed by atoms with van der Waals surface area (Å²) in [6.45, 7) is -3.11. The first-order chi connectivity index (χ1) is 14.4. The Morgan fingerprint density at radius 1 is 1.27 bits per heavy atom. The zero-order chi connectivity index (χ0) is 21.3. The van der Waals surface area contributed by atoms with Crippen molar-refractivity contribution in [3.63, 3.8) is 0 Å². The van der Waals surface area contributed by atoms with Crippen LogP contribution in [0.25, 0.3) is 0 Å². The topological polar surface area (TPSA) is 101 Å². The van der Waals surface area contributed by atoms with Gasteiger partial charge in [-0.2, -0.15) is 8.78 Å². The summed E-state index contributed by atoms with van der Waals surface area (Å²) in [5.41, 5.74) is -0.363. The minimum absolute atomic E-state index is 0.128. The van der Waals surface area contributed by atoms with Crippen LogP contribution in [-0.4, -0.2) is 46.4 Å². The van der Waals surface area contributed by atoms with Crippen LogP contribution in [0.4, 0.5) is 13.6 Å². The monoisotopic (exact) mass is 412 g/mol. The number of pyridine rings is 1. The van der Waals surface area contributed by atoms with Crippen molar-refractivity contribution < 1.29 is 27.9 Å². The Hall–Kier alpha value is -4.00. The van der Waals surface area contributed by atoms with Gasteiger partial charge in [-0.1, -0.05) is 17.9 Å². The van der Waals surface area contributed by atoms with Crippen LogP contribution in [0.1, 0.15) is 21.5 Å². The van der Waals surface area contributed by atoms with Gasteiger partial charge in [0.15, 0.2) is 0 Å². The lowest BCUT2D eigenvalue weighted by molar-refractivity contribution is -0.122. The van der Waals surface area contributed by atoms with Gasteiger partial charge in [-0.3, -0.25) is 19.9 Å². The van der Waals surface area contributed by atoms with E-state index in [1.165, 1.54) is 29.3 Å². The first kappa shape index (κ1) is 19.3. The van der Waals surface area contributed by atoms with E-state index in [9.17, 15) is 23.2 Å².